The molecule has 5 nitrogen and oxygen atoms in total. The van der Waals surface area contributed by atoms with E-state index >= 15 is 0 Å². The van der Waals surface area contributed by atoms with Crippen LogP contribution in [0, 0.1) is 0 Å². The number of nitrogens with one attached hydrogen (secondary N) is 1. The Balaban J connectivity index is 0.000000745. The van der Waals surface area contributed by atoms with E-state index in [2.05, 4.69) is 12.2 Å². The van der Waals surface area contributed by atoms with Gasteiger partial charge in [0.05, 0.1) is 6.61 Å². The van der Waals surface area contributed by atoms with Gasteiger partial charge in [0.1, 0.15) is 10.7 Å². The van der Waals surface area contributed by atoms with Crippen LogP contribution >= 0.6 is 11.8 Å². The summed E-state index contributed by atoms with van der Waals surface area (Å²) >= 11 is 1.56. The summed E-state index contributed by atoms with van der Waals surface area (Å²) in [6.45, 7) is 4.45. The molecule has 1 saturated carbocycles. The normalized spacial score (nSPS) is 19.7. The average Bonchev–Trinajstić information content (AvgIpc) is 2.49. The molecule has 22 heavy (non-hydrogen) atoms. The van der Waals surface area contributed by atoms with Gasteiger partial charge in [0.15, 0.2) is 0 Å². The first-order valence-electron chi connectivity index (χ1n) is 7.63. The van der Waals surface area contributed by atoms with Crippen LogP contribution in [0.4, 0.5) is 0 Å². The fourth-order valence-electron chi connectivity index (χ4n) is 2.67. The van der Waals surface area contributed by atoms with Gasteiger partial charge in [-0.25, -0.2) is 0 Å². The molecular formula is C16H25NO4S. The molecule has 124 valence electrons. The summed E-state index contributed by atoms with van der Waals surface area (Å²) < 4.78 is 5.55. The van der Waals surface area contributed by atoms with E-state index in [1.54, 1.807) is 11.8 Å². The van der Waals surface area contributed by atoms with E-state index in [1.807, 2.05) is 19.1 Å². The summed E-state index contributed by atoms with van der Waals surface area (Å²) in [4.78, 5) is 21.5. The highest BCUT2D eigenvalue weighted by molar-refractivity contribution is 8.04. The zero-order valence-corrected chi connectivity index (χ0v) is 14.1. The number of allylic oxidation sites excluding steroid dienone is 1. The maximum atomic E-state index is 12.5. The summed E-state index contributed by atoms with van der Waals surface area (Å²) in [5.41, 5.74) is -0.0403. The van der Waals surface area contributed by atoms with Gasteiger partial charge in [0, 0.05) is 11.3 Å². The Morgan fingerprint density at radius 3 is 2.68 bits per heavy atom. The van der Waals surface area contributed by atoms with Crippen molar-refractivity contribution in [1.29, 1.82) is 0 Å². The molecule has 2 aliphatic rings. The molecule has 1 aliphatic carbocycles. The number of hydrogen-bond donors (Lipinski definition) is 2. The average molecular weight is 327 g/mol. The minimum atomic E-state index is -0.250. The van der Waals surface area contributed by atoms with Gasteiger partial charge in [-0.1, -0.05) is 25.3 Å². The lowest BCUT2D eigenvalue weighted by Crippen LogP contribution is -2.47. The highest BCUT2D eigenvalue weighted by atomic mass is 32.2. The third kappa shape index (κ3) is 5.75. The SMILES string of the molecule is CCOC1=C(C(=O)NC2(C)CCCCC2)SCC=C1.O=CO. The molecule has 0 unspecified atom stereocenters. The lowest BCUT2D eigenvalue weighted by molar-refractivity contribution is -0.123. The maximum absolute atomic E-state index is 12.5. The lowest BCUT2D eigenvalue weighted by Gasteiger charge is -2.35. The zero-order valence-electron chi connectivity index (χ0n) is 13.3. The summed E-state index contributed by atoms with van der Waals surface area (Å²) in [6.07, 6.45) is 9.82. The highest BCUT2D eigenvalue weighted by Gasteiger charge is 2.30. The molecule has 0 bridgehead atoms. The number of carboxylic acid groups (broad SMARTS) is 1. The monoisotopic (exact) mass is 327 g/mol. The van der Waals surface area contributed by atoms with Gasteiger partial charge in [0.25, 0.3) is 12.4 Å². The molecule has 6 heteroatoms. The second-order valence-corrected chi connectivity index (χ2v) is 6.55. The first kappa shape index (κ1) is 18.6. The molecule has 2 rings (SSSR count). The van der Waals surface area contributed by atoms with Crippen LogP contribution in [-0.2, 0) is 14.3 Å². The van der Waals surface area contributed by atoms with E-state index in [1.165, 1.54) is 19.3 Å². The number of hydrogen-bond acceptors (Lipinski definition) is 4. The van der Waals surface area contributed by atoms with Gasteiger partial charge < -0.3 is 15.2 Å². The van der Waals surface area contributed by atoms with Crippen LogP contribution < -0.4 is 5.32 Å². The van der Waals surface area contributed by atoms with Crippen LogP contribution in [0.15, 0.2) is 22.8 Å². The van der Waals surface area contributed by atoms with E-state index in [0.29, 0.717) is 6.61 Å². The first-order valence-corrected chi connectivity index (χ1v) is 8.61. The van der Waals surface area contributed by atoms with Crippen LogP contribution in [0.2, 0.25) is 0 Å². The van der Waals surface area contributed by atoms with E-state index < -0.39 is 0 Å². The van der Waals surface area contributed by atoms with E-state index in [4.69, 9.17) is 14.6 Å². The number of rotatable bonds is 4. The van der Waals surface area contributed by atoms with Gasteiger partial charge >= 0.3 is 0 Å². The predicted molar refractivity (Wildman–Crippen MR) is 88.6 cm³/mol. The van der Waals surface area contributed by atoms with Crippen molar-refractivity contribution in [3.05, 3.63) is 22.8 Å². The molecule has 0 aromatic carbocycles. The molecule has 2 N–H and O–H groups in total. The van der Waals surface area contributed by atoms with Crippen LogP contribution in [0.3, 0.4) is 0 Å². The number of ether oxygens (including phenoxy) is 1. The molecule has 0 atom stereocenters. The van der Waals surface area contributed by atoms with Crippen molar-refractivity contribution in [3.8, 4) is 0 Å². The van der Waals surface area contributed by atoms with E-state index in [-0.39, 0.29) is 17.9 Å². The number of carbonyl (C=O) groups excluding carboxylic acids is 1. The van der Waals surface area contributed by atoms with Crippen molar-refractivity contribution < 1.29 is 19.4 Å². The largest absolute Gasteiger partial charge is 0.493 e. The Kier molecular flexibility index (Phi) is 8.09. The molecule has 1 aliphatic heterocycles. The molecule has 1 amide bonds. The van der Waals surface area contributed by atoms with Gasteiger partial charge in [-0.15, -0.1) is 11.8 Å². The Bertz CT molecular complexity index is 439. The van der Waals surface area contributed by atoms with Crippen molar-refractivity contribution in [3.63, 3.8) is 0 Å². The fraction of sp³-hybridized carbons (Fsp3) is 0.625. The summed E-state index contributed by atoms with van der Waals surface area (Å²) in [7, 11) is 0. The molecule has 1 heterocycles. The van der Waals surface area contributed by atoms with Crippen LogP contribution in [-0.4, -0.2) is 35.4 Å². The maximum Gasteiger partial charge on any atom is 0.290 e. The molecule has 1 fully saturated rings. The predicted octanol–water partition coefficient (Wildman–Crippen LogP) is 3.08. The Hall–Kier alpha value is -1.43. The molecule has 0 spiro atoms. The summed E-state index contributed by atoms with van der Waals surface area (Å²) in [5.74, 6) is 1.59. The Labute approximate surface area is 136 Å². The van der Waals surface area contributed by atoms with E-state index in [0.717, 1.165) is 29.3 Å². The summed E-state index contributed by atoms with van der Waals surface area (Å²) in [6, 6.07) is 0. The van der Waals surface area contributed by atoms with Crippen molar-refractivity contribution >= 4 is 24.1 Å². The van der Waals surface area contributed by atoms with Gasteiger partial charge in [-0.2, -0.15) is 0 Å². The second kappa shape index (κ2) is 9.56. The summed E-state index contributed by atoms with van der Waals surface area (Å²) in [5, 5.41) is 10.1. The van der Waals surface area contributed by atoms with Crippen molar-refractivity contribution in [1.82, 2.24) is 5.32 Å². The Morgan fingerprint density at radius 1 is 1.45 bits per heavy atom. The molecule has 0 saturated heterocycles. The van der Waals surface area contributed by atoms with Crippen molar-refractivity contribution in [2.24, 2.45) is 0 Å². The van der Waals surface area contributed by atoms with Crippen LogP contribution in [0.5, 0.6) is 0 Å². The zero-order chi connectivity index (χ0) is 16.4. The highest BCUT2D eigenvalue weighted by Crippen LogP contribution is 2.31. The third-order valence-corrected chi connectivity index (χ3v) is 4.73. The number of thioether (sulfide) groups is 1. The topological polar surface area (TPSA) is 75.6 Å². The minimum Gasteiger partial charge on any atom is -0.493 e. The van der Waals surface area contributed by atoms with Crippen LogP contribution in [0.1, 0.15) is 46.0 Å². The van der Waals surface area contributed by atoms with Crippen molar-refractivity contribution in [2.75, 3.05) is 12.4 Å². The molecule has 0 aromatic heterocycles. The number of carbonyl (C=O) groups is 2. The minimum absolute atomic E-state index is 0.0298. The van der Waals surface area contributed by atoms with Crippen molar-refractivity contribution in [2.45, 2.75) is 51.5 Å². The first-order chi connectivity index (χ1) is 10.6. The van der Waals surface area contributed by atoms with Gasteiger partial charge in [-0.3, -0.25) is 9.59 Å². The van der Waals surface area contributed by atoms with E-state index in [9.17, 15) is 4.79 Å². The second-order valence-electron chi connectivity index (χ2n) is 5.52. The quantitative estimate of drug-likeness (QED) is 0.776. The fourth-order valence-corrected chi connectivity index (χ4v) is 3.48. The standard InChI is InChI=1S/C15H23NO2S.CH2O2/c1-3-18-12-8-7-11-19-13(12)14(17)16-15(2)9-5-4-6-10-15;2-1-3/h7-8H,3-6,9-11H2,1-2H3,(H,16,17);1H,(H,2,3). The molecule has 0 radical (unpaired) electrons. The number of amides is 1. The van der Waals surface area contributed by atoms with Gasteiger partial charge in [-0.05, 0) is 32.8 Å². The molecular weight excluding hydrogens is 302 g/mol. The lowest BCUT2D eigenvalue weighted by atomic mass is 9.83. The smallest absolute Gasteiger partial charge is 0.290 e. The Morgan fingerprint density at radius 2 is 2.09 bits per heavy atom. The van der Waals surface area contributed by atoms with Gasteiger partial charge in [0.2, 0.25) is 0 Å². The van der Waals surface area contributed by atoms with Crippen LogP contribution in [0.25, 0.3) is 0 Å². The third-order valence-electron chi connectivity index (χ3n) is 3.70. The molecule has 0 aromatic rings.